The zero-order valence-electron chi connectivity index (χ0n) is 14.2. The normalized spacial score (nSPS) is 22.9. The molecule has 3 rings (SSSR count). The molecule has 1 aromatic carbocycles. The fourth-order valence-electron chi connectivity index (χ4n) is 3.86. The molecule has 1 heterocycles. The van der Waals surface area contributed by atoms with Crippen LogP contribution < -0.4 is 0 Å². The molecule has 1 aromatic rings. The second-order valence-electron chi connectivity index (χ2n) is 6.89. The van der Waals surface area contributed by atoms with E-state index in [0.717, 1.165) is 13.1 Å². The zero-order valence-corrected chi connectivity index (χ0v) is 15.0. The Morgan fingerprint density at radius 3 is 1.96 bits per heavy atom. The number of hydrogen-bond acceptors (Lipinski definition) is 3. The molecule has 1 aliphatic carbocycles. The predicted molar refractivity (Wildman–Crippen MR) is 92.8 cm³/mol. The average molecular weight is 354 g/mol. The van der Waals surface area contributed by atoms with E-state index in [1.807, 2.05) is 0 Å². The van der Waals surface area contributed by atoms with Crippen molar-refractivity contribution < 1.29 is 12.8 Å². The van der Waals surface area contributed by atoms with Crippen molar-refractivity contribution in [2.75, 3.05) is 26.2 Å². The maximum atomic E-state index is 13.0. The van der Waals surface area contributed by atoms with Crippen LogP contribution in [0.4, 0.5) is 4.39 Å². The summed E-state index contributed by atoms with van der Waals surface area (Å²) in [6.45, 7) is 2.64. The van der Waals surface area contributed by atoms with E-state index in [0.29, 0.717) is 19.1 Å². The van der Waals surface area contributed by atoms with Gasteiger partial charge in [0.2, 0.25) is 10.0 Å². The zero-order chi connectivity index (χ0) is 17.0. The fraction of sp³-hybridized carbons (Fsp3) is 0.667. The van der Waals surface area contributed by atoms with Crippen molar-refractivity contribution in [3.8, 4) is 0 Å². The summed E-state index contributed by atoms with van der Waals surface area (Å²) in [7, 11) is -3.51. The lowest BCUT2D eigenvalue weighted by Gasteiger charge is -2.39. The summed E-state index contributed by atoms with van der Waals surface area (Å²) in [6.07, 6.45) is 9.08. The van der Waals surface area contributed by atoms with Gasteiger partial charge >= 0.3 is 0 Å². The Balaban J connectivity index is 1.60. The van der Waals surface area contributed by atoms with Gasteiger partial charge in [-0.2, -0.15) is 4.31 Å². The molecule has 2 aliphatic rings. The molecule has 0 atom stereocenters. The smallest absolute Gasteiger partial charge is 0.243 e. The van der Waals surface area contributed by atoms with Crippen LogP contribution in [0.5, 0.6) is 0 Å². The molecule has 0 amide bonds. The van der Waals surface area contributed by atoms with Crippen molar-refractivity contribution in [1.29, 1.82) is 0 Å². The number of rotatable bonds is 3. The summed E-state index contributed by atoms with van der Waals surface area (Å²) in [5.41, 5.74) is 0. The third-order valence-electron chi connectivity index (χ3n) is 5.32. The third-order valence-corrected chi connectivity index (χ3v) is 7.23. The monoisotopic (exact) mass is 354 g/mol. The van der Waals surface area contributed by atoms with Crippen molar-refractivity contribution in [3.05, 3.63) is 30.1 Å². The van der Waals surface area contributed by atoms with Crippen molar-refractivity contribution in [2.45, 2.75) is 55.9 Å². The van der Waals surface area contributed by atoms with Gasteiger partial charge in [0.1, 0.15) is 5.82 Å². The van der Waals surface area contributed by atoms with E-state index in [9.17, 15) is 12.8 Å². The molecule has 6 heteroatoms. The van der Waals surface area contributed by atoms with Crippen LogP contribution in [0.3, 0.4) is 0 Å². The SMILES string of the molecule is O=S(=O)(c1ccc(F)cc1)N1CCN(C2CCCCCCC2)CC1. The van der Waals surface area contributed by atoms with E-state index < -0.39 is 15.8 Å². The highest BCUT2D eigenvalue weighted by molar-refractivity contribution is 7.89. The second kappa shape index (κ2) is 7.93. The lowest BCUT2D eigenvalue weighted by molar-refractivity contribution is 0.118. The molecule has 2 fully saturated rings. The average Bonchev–Trinajstić information content (AvgIpc) is 2.55. The van der Waals surface area contributed by atoms with Crippen LogP contribution in [0.15, 0.2) is 29.2 Å². The largest absolute Gasteiger partial charge is 0.298 e. The van der Waals surface area contributed by atoms with Crippen LogP contribution in [0.25, 0.3) is 0 Å². The Kier molecular flexibility index (Phi) is 5.89. The number of halogens is 1. The summed E-state index contributed by atoms with van der Waals surface area (Å²) < 4.78 is 39.9. The van der Waals surface area contributed by atoms with Gasteiger partial charge in [-0.05, 0) is 37.1 Å². The molecule has 0 N–H and O–H groups in total. The molecule has 0 radical (unpaired) electrons. The Morgan fingerprint density at radius 2 is 1.38 bits per heavy atom. The molecule has 1 aliphatic heterocycles. The Bertz CT molecular complexity index is 617. The highest BCUT2D eigenvalue weighted by atomic mass is 32.2. The first kappa shape index (κ1) is 17.8. The molecule has 0 aromatic heterocycles. The Hall–Kier alpha value is -0.980. The highest BCUT2D eigenvalue weighted by Gasteiger charge is 2.30. The van der Waals surface area contributed by atoms with E-state index >= 15 is 0 Å². The Labute approximate surface area is 144 Å². The maximum absolute atomic E-state index is 13.0. The van der Waals surface area contributed by atoms with Crippen LogP contribution in [0.1, 0.15) is 44.9 Å². The van der Waals surface area contributed by atoms with Gasteiger partial charge in [-0.1, -0.05) is 32.1 Å². The summed E-state index contributed by atoms with van der Waals surface area (Å²) in [4.78, 5) is 2.66. The molecular weight excluding hydrogens is 327 g/mol. The van der Waals surface area contributed by atoms with Crippen molar-refractivity contribution in [3.63, 3.8) is 0 Å². The summed E-state index contributed by atoms with van der Waals surface area (Å²) in [5, 5.41) is 0. The molecule has 0 bridgehead atoms. The predicted octanol–water partition coefficient (Wildman–Crippen LogP) is 3.24. The van der Waals surface area contributed by atoms with Gasteiger partial charge < -0.3 is 0 Å². The topological polar surface area (TPSA) is 40.6 Å². The van der Waals surface area contributed by atoms with Gasteiger partial charge in [-0.3, -0.25) is 4.90 Å². The van der Waals surface area contributed by atoms with E-state index in [4.69, 9.17) is 0 Å². The lowest BCUT2D eigenvalue weighted by atomic mass is 9.95. The minimum absolute atomic E-state index is 0.184. The minimum atomic E-state index is -3.51. The lowest BCUT2D eigenvalue weighted by Crippen LogP contribution is -2.51. The maximum Gasteiger partial charge on any atom is 0.243 e. The summed E-state index contributed by atoms with van der Waals surface area (Å²) >= 11 is 0. The van der Waals surface area contributed by atoms with Gasteiger partial charge in [-0.25, -0.2) is 12.8 Å². The Morgan fingerprint density at radius 1 is 0.833 bits per heavy atom. The van der Waals surface area contributed by atoms with Crippen LogP contribution in [-0.4, -0.2) is 49.8 Å². The van der Waals surface area contributed by atoms with E-state index in [1.54, 1.807) is 4.31 Å². The van der Waals surface area contributed by atoms with Crippen LogP contribution >= 0.6 is 0 Å². The molecule has 0 unspecified atom stereocenters. The minimum Gasteiger partial charge on any atom is -0.298 e. The molecule has 0 spiro atoms. The van der Waals surface area contributed by atoms with Crippen LogP contribution in [-0.2, 0) is 10.0 Å². The van der Waals surface area contributed by atoms with Gasteiger partial charge in [-0.15, -0.1) is 0 Å². The van der Waals surface area contributed by atoms with Gasteiger partial charge in [0, 0.05) is 32.2 Å². The summed E-state index contributed by atoms with van der Waals surface area (Å²) in [5.74, 6) is -0.414. The molecule has 4 nitrogen and oxygen atoms in total. The van der Waals surface area contributed by atoms with E-state index in [2.05, 4.69) is 4.90 Å². The standard InChI is InChI=1S/C18H27FN2O2S/c19-16-8-10-18(11-9-16)24(22,23)21-14-12-20(13-15-21)17-6-4-2-1-3-5-7-17/h8-11,17H,1-7,12-15H2. The quantitative estimate of drug-likeness (QED) is 0.837. The highest BCUT2D eigenvalue weighted by Crippen LogP contribution is 2.24. The molecule has 24 heavy (non-hydrogen) atoms. The van der Waals surface area contributed by atoms with Gasteiger partial charge in [0.15, 0.2) is 0 Å². The fourth-order valence-corrected chi connectivity index (χ4v) is 5.29. The van der Waals surface area contributed by atoms with Crippen LogP contribution in [0, 0.1) is 5.82 Å². The van der Waals surface area contributed by atoms with E-state index in [1.165, 1.54) is 69.2 Å². The first-order valence-electron chi connectivity index (χ1n) is 9.07. The molecule has 134 valence electrons. The number of hydrogen-bond donors (Lipinski definition) is 0. The molecular formula is C18H27FN2O2S. The van der Waals surface area contributed by atoms with Crippen molar-refractivity contribution in [2.24, 2.45) is 0 Å². The van der Waals surface area contributed by atoms with Crippen molar-refractivity contribution in [1.82, 2.24) is 9.21 Å². The van der Waals surface area contributed by atoms with Gasteiger partial charge in [0.25, 0.3) is 0 Å². The second-order valence-corrected chi connectivity index (χ2v) is 8.83. The third kappa shape index (κ3) is 4.16. The summed E-state index contributed by atoms with van der Waals surface area (Å²) in [6, 6.07) is 5.73. The number of benzene rings is 1. The van der Waals surface area contributed by atoms with Crippen LogP contribution in [0.2, 0.25) is 0 Å². The molecule has 1 saturated heterocycles. The van der Waals surface area contributed by atoms with Gasteiger partial charge in [0.05, 0.1) is 4.90 Å². The molecule has 1 saturated carbocycles. The number of nitrogens with zero attached hydrogens (tertiary/aromatic N) is 2. The first-order chi connectivity index (χ1) is 11.6. The first-order valence-corrected chi connectivity index (χ1v) is 10.5. The van der Waals surface area contributed by atoms with Crippen molar-refractivity contribution >= 4 is 10.0 Å². The van der Waals surface area contributed by atoms with E-state index in [-0.39, 0.29) is 4.90 Å². The number of piperazine rings is 1. The number of sulfonamides is 1.